The molecule has 4 unspecified atom stereocenters. The number of hydrogen-bond donors (Lipinski definition) is 0. The van der Waals surface area contributed by atoms with E-state index in [1.807, 2.05) is 0 Å². The summed E-state index contributed by atoms with van der Waals surface area (Å²) in [4.78, 5) is 11.7. The zero-order chi connectivity index (χ0) is 8.13. The summed E-state index contributed by atoms with van der Waals surface area (Å²) in [5, 5.41) is 0. The van der Waals surface area contributed by atoms with Crippen LogP contribution in [0.2, 0.25) is 0 Å². The number of rotatable bonds is 0. The molecule has 0 aromatic heterocycles. The minimum absolute atomic E-state index is 0.222. The van der Waals surface area contributed by atoms with Crippen molar-refractivity contribution in [2.75, 3.05) is 0 Å². The van der Waals surface area contributed by atoms with E-state index in [1.54, 1.807) is 0 Å². The van der Waals surface area contributed by atoms with Crippen LogP contribution in [0.3, 0.4) is 0 Å². The van der Waals surface area contributed by atoms with Crippen LogP contribution in [0.1, 0.15) is 19.3 Å². The van der Waals surface area contributed by atoms with Crippen LogP contribution in [0, 0.1) is 11.8 Å². The standard InChI is InChI=1S/C10H12O2/c11-9-6-2-1-3-7(9)10-8(12-10)5-4-6/h4-8,10H,1-3H2. The molecule has 2 bridgehead atoms. The third-order valence-corrected chi connectivity index (χ3v) is 3.25. The Morgan fingerprint density at radius 2 is 2.25 bits per heavy atom. The van der Waals surface area contributed by atoms with E-state index in [0.717, 1.165) is 12.8 Å². The average Bonchev–Trinajstić information content (AvgIpc) is 2.82. The van der Waals surface area contributed by atoms with Crippen LogP contribution in [0.15, 0.2) is 12.2 Å². The van der Waals surface area contributed by atoms with Crippen molar-refractivity contribution in [3.63, 3.8) is 0 Å². The highest BCUT2D eigenvalue weighted by Gasteiger charge is 2.50. The molecular weight excluding hydrogens is 152 g/mol. The second-order valence-electron chi connectivity index (χ2n) is 4.00. The Balaban J connectivity index is 1.97. The molecule has 2 aliphatic carbocycles. The van der Waals surface area contributed by atoms with Crippen molar-refractivity contribution in [3.05, 3.63) is 12.2 Å². The molecule has 0 aromatic rings. The Morgan fingerprint density at radius 1 is 1.33 bits per heavy atom. The minimum atomic E-state index is 0.222. The van der Waals surface area contributed by atoms with Crippen LogP contribution < -0.4 is 0 Å². The Bertz CT molecular complexity index is 257. The SMILES string of the molecule is O=C1C2C=CC3OC3C1CCC2. The van der Waals surface area contributed by atoms with Crippen molar-refractivity contribution in [2.24, 2.45) is 11.8 Å². The average molecular weight is 164 g/mol. The van der Waals surface area contributed by atoms with Crippen LogP contribution in [-0.2, 0) is 9.53 Å². The molecule has 0 amide bonds. The number of carbonyl (C=O) groups excluding carboxylic acids is 1. The van der Waals surface area contributed by atoms with Crippen molar-refractivity contribution < 1.29 is 9.53 Å². The second kappa shape index (κ2) is 2.19. The van der Waals surface area contributed by atoms with Gasteiger partial charge in [-0.15, -0.1) is 0 Å². The van der Waals surface area contributed by atoms with Gasteiger partial charge in [-0.25, -0.2) is 0 Å². The fourth-order valence-electron chi connectivity index (χ4n) is 2.49. The molecule has 0 spiro atoms. The van der Waals surface area contributed by atoms with Gasteiger partial charge in [-0.1, -0.05) is 18.6 Å². The Labute approximate surface area is 71.6 Å². The van der Waals surface area contributed by atoms with Gasteiger partial charge in [0.05, 0.1) is 6.10 Å². The lowest BCUT2D eigenvalue weighted by atomic mass is 9.79. The zero-order valence-electron chi connectivity index (χ0n) is 6.90. The first kappa shape index (κ1) is 6.84. The second-order valence-corrected chi connectivity index (χ2v) is 4.00. The Hall–Kier alpha value is -0.630. The lowest BCUT2D eigenvalue weighted by Gasteiger charge is -2.23. The predicted molar refractivity (Wildman–Crippen MR) is 43.6 cm³/mol. The number of allylic oxidation sites excluding steroid dienone is 1. The van der Waals surface area contributed by atoms with E-state index >= 15 is 0 Å². The van der Waals surface area contributed by atoms with Gasteiger partial charge in [0.25, 0.3) is 0 Å². The predicted octanol–water partition coefficient (Wildman–Crippen LogP) is 1.31. The molecule has 0 radical (unpaired) electrons. The van der Waals surface area contributed by atoms with E-state index in [-0.39, 0.29) is 24.0 Å². The summed E-state index contributed by atoms with van der Waals surface area (Å²) in [7, 11) is 0. The van der Waals surface area contributed by atoms with Crippen LogP contribution in [0.5, 0.6) is 0 Å². The molecule has 3 aliphatic rings. The molecular formula is C10H12O2. The van der Waals surface area contributed by atoms with E-state index in [0.29, 0.717) is 5.78 Å². The van der Waals surface area contributed by atoms with Gasteiger partial charge >= 0.3 is 0 Å². The molecule has 12 heavy (non-hydrogen) atoms. The molecule has 4 atom stereocenters. The van der Waals surface area contributed by atoms with Crippen LogP contribution in [-0.4, -0.2) is 18.0 Å². The maximum atomic E-state index is 11.7. The number of epoxide rings is 1. The van der Waals surface area contributed by atoms with E-state index in [1.165, 1.54) is 6.42 Å². The molecule has 1 aliphatic heterocycles. The summed E-state index contributed by atoms with van der Waals surface area (Å²) in [6, 6.07) is 0. The topological polar surface area (TPSA) is 29.6 Å². The van der Waals surface area contributed by atoms with E-state index in [4.69, 9.17) is 4.74 Å². The zero-order valence-corrected chi connectivity index (χ0v) is 6.90. The molecule has 1 saturated carbocycles. The van der Waals surface area contributed by atoms with Crippen molar-refractivity contribution >= 4 is 5.78 Å². The Kier molecular flexibility index (Phi) is 1.25. The maximum absolute atomic E-state index is 11.7. The molecule has 0 N–H and O–H groups in total. The highest BCUT2D eigenvalue weighted by atomic mass is 16.6. The van der Waals surface area contributed by atoms with Gasteiger partial charge in [0, 0.05) is 11.8 Å². The number of fused-ring (bicyclic) bond motifs is 4. The van der Waals surface area contributed by atoms with Crippen molar-refractivity contribution in [3.8, 4) is 0 Å². The summed E-state index contributed by atoms with van der Waals surface area (Å²) >= 11 is 0. The first-order valence-corrected chi connectivity index (χ1v) is 4.74. The molecule has 2 heteroatoms. The first-order chi connectivity index (χ1) is 5.86. The molecule has 1 saturated heterocycles. The highest BCUT2D eigenvalue weighted by Crippen LogP contribution is 2.42. The minimum Gasteiger partial charge on any atom is -0.364 e. The van der Waals surface area contributed by atoms with Gasteiger partial charge in [0.1, 0.15) is 11.9 Å². The molecule has 2 fully saturated rings. The summed E-state index contributed by atoms with van der Waals surface area (Å²) in [5.41, 5.74) is 0. The molecule has 3 rings (SSSR count). The number of ether oxygens (including phenoxy) is 1. The third-order valence-electron chi connectivity index (χ3n) is 3.25. The number of hydrogen-bond acceptors (Lipinski definition) is 2. The lowest BCUT2D eigenvalue weighted by molar-refractivity contribution is -0.128. The van der Waals surface area contributed by atoms with Gasteiger partial charge in [0.2, 0.25) is 0 Å². The summed E-state index contributed by atoms with van der Waals surface area (Å²) < 4.78 is 5.41. The molecule has 64 valence electrons. The smallest absolute Gasteiger partial charge is 0.145 e. The maximum Gasteiger partial charge on any atom is 0.145 e. The van der Waals surface area contributed by atoms with Crippen LogP contribution in [0.4, 0.5) is 0 Å². The van der Waals surface area contributed by atoms with Gasteiger partial charge in [-0.2, -0.15) is 0 Å². The van der Waals surface area contributed by atoms with Gasteiger partial charge in [0.15, 0.2) is 0 Å². The van der Waals surface area contributed by atoms with Crippen molar-refractivity contribution in [1.82, 2.24) is 0 Å². The number of Topliss-reactive ketones (excluding diaryl/α,β-unsaturated/α-hetero) is 1. The van der Waals surface area contributed by atoms with Gasteiger partial charge < -0.3 is 4.74 Å². The van der Waals surface area contributed by atoms with Crippen molar-refractivity contribution in [1.29, 1.82) is 0 Å². The summed E-state index contributed by atoms with van der Waals surface area (Å²) in [6.45, 7) is 0. The molecule has 1 heterocycles. The molecule has 2 nitrogen and oxygen atoms in total. The highest BCUT2D eigenvalue weighted by molar-refractivity contribution is 5.87. The summed E-state index contributed by atoms with van der Waals surface area (Å²) in [6.07, 6.45) is 7.98. The summed E-state index contributed by atoms with van der Waals surface area (Å²) in [5.74, 6) is 0.881. The van der Waals surface area contributed by atoms with Crippen molar-refractivity contribution in [2.45, 2.75) is 31.5 Å². The van der Waals surface area contributed by atoms with Crippen LogP contribution in [0.25, 0.3) is 0 Å². The fraction of sp³-hybridized carbons (Fsp3) is 0.700. The first-order valence-electron chi connectivity index (χ1n) is 4.74. The monoisotopic (exact) mass is 164 g/mol. The quantitative estimate of drug-likeness (QED) is 0.399. The normalized spacial score (nSPS) is 49.8. The number of ketones is 1. The Morgan fingerprint density at radius 3 is 3.17 bits per heavy atom. The number of carbonyl (C=O) groups is 1. The lowest BCUT2D eigenvalue weighted by Crippen LogP contribution is -2.30. The van der Waals surface area contributed by atoms with Gasteiger partial charge in [-0.3, -0.25) is 4.79 Å². The van der Waals surface area contributed by atoms with E-state index in [9.17, 15) is 4.79 Å². The van der Waals surface area contributed by atoms with Gasteiger partial charge in [-0.05, 0) is 12.8 Å². The van der Waals surface area contributed by atoms with E-state index < -0.39 is 0 Å². The molecule has 0 aromatic carbocycles. The fourth-order valence-corrected chi connectivity index (χ4v) is 2.49. The third kappa shape index (κ3) is 0.816. The largest absolute Gasteiger partial charge is 0.364 e. The van der Waals surface area contributed by atoms with E-state index in [2.05, 4.69) is 12.2 Å². The van der Waals surface area contributed by atoms with Crippen LogP contribution >= 0.6 is 0 Å².